The Morgan fingerprint density at radius 3 is 1.25 bits per heavy atom. The Morgan fingerprint density at radius 1 is 0.571 bits per heavy atom. The summed E-state index contributed by atoms with van der Waals surface area (Å²) in [5.41, 5.74) is 14.4. The number of halogens is 2. The first-order valence-electron chi connectivity index (χ1n) is 9.49. The van der Waals surface area contributed by atoms with Crippen LogP contribution in [0.2, 0.25) is 0 Å². The zero-order chi connectivity index (χ0) is 18.2. The Kier molecular flexibility index (Phi) is 11.7. The van der Waals surface area contributed by atoms with Crippen LogP contribution in [0.3, 0.4) is 0 Å². The molecule has 2 saturated heterocycles. The van der Waals surface area contributed by atoms with Gasteiger partial charge in [0.25, 0.3) is 0 Å². The molecule has 0 radical (unpaired) electrons. The Hall–Kier alpha value is -1.14. The van der Waals surface area contributed by atoms with Crippen LogP contribution in [-0.2, 0) is 9.47 Å². The molecule has 4 nitrogen and oxygen atoms in total. The van der Waals surface area contributed by atoms with Gasteiger partial charge in [0.05, 0.1) is 26.4 Å². The molecule has 4 rings (SSSR count). The molecule has 0 bridgehead atoms. The maximum Gasteiger partial charge on any atom is 0.0618 e. The van der Waals surface area contributed by atoms with E-state index < -0.39 is 0 Å². The number of benzene rings is 2. The van der Waals surface area contributed by atoms with Crippen LogP contribution in [0.25, 0.3) is 0 Å². The number of rotatable bonds is 2. The summed E-state index contributed by atoms with van der Waals surface area (Å²) in [5.74, 6) is 0.981. The maximum atomic E-state index is 5.84. The molecule has 2 heterocycles. The van der Waals surface area contributed by atoms with E-state index in [1.807, 2.05) is 12.1 Å². The zero-order valence-corrected chi connectivity index (χ0v) is 17.7. The molecule has 2 aromatic carbocycles. The Morgan fingerprint density at radius 2 is 0.929 bits per heavy atom. The first kappa shape index (κ1) is 24.9. The fraction of sp³-hybridized carbons (Fsp3) is 0.455. The maximum absolute atomic E-state index is 5.84. The lowest BCUT2D eigenvalue weighted by molar-refractivity contribution is 0.0661. The van der Waals surface area contributed by atoms with Gasteiger partial charge in [-0.05, 0) is 24.0 Å². The van der Waals surface area contributed by atoms with E-state index in [9.17, 15) is 0 Å². The molecule has 4 atom stereocenters. The second-order valence-electron chi connectivity index (χ2n) is 7.28. The SMILES string of the molecule is Cl.Cl.N[C@@H]1COC[C@H](c2ccccc2)C1.N[C@H]1COC[C@@H](c2ccccc2)C1. The molecule has 28 heavy (non-hydrogen) atoms. The van der Waals surface area contributed by atoms with E-state index in [4.69, 9.17) is 20.9 Å². The van der Waals surface area contributed by atoms with E-state index in [0.29, 0.717) is 25.0 Å². The first-order chi connectivity index (χ1) is 12.7. The van der Waals surface area contributed by atoms with E-state index in [1.165, 1.54) is 11.1 Å². The van der Waals surface area contributed by atoms with Crippen LogP contribution >= 0.6 is 24.8 Å². The molecule has 2 aliphatic rings. The van der Waals surface area contributed by atoms with Gasteiger partial charge in [-0.25, -0.2) is 0 Å². The minimum absolute atomic E-state index is 0. The molecule has 0 amide bonds. The predicted octanol–water partition coefficient (Wildman–Crippen LogP) is 3.88. The number of hydrogen-bond donors (Lipinski definition) is 2. The van der Waals surface area contributed by atoms with E-state index >= 15 is 0 Å². The summed E-state index contributed by atoms with van der Waals surface area (Å²) in [5, 5.41) is 0. The second kappa shape index (κ2) is 13.2. The fourth-order valence-electron chi connectivity index (χ4n) is 3.64. The van der Waals surface area contributed by atoms with Gasteiger partial charge in [-0.2, -0.15) is 0 Å². The molecule has 6 heteroatoms. The lowest BCUT2D eigenvalue weighted by Gasteiger charge is -2.27. The van der Waals surface area contributed by atoms with Crippen molar-refractivity contribution in [1.29, 1.82) is 0 Å². The first-order valence-corrected chi connectivity index (χ1v) is 9.49. The van der Waals surface area contributed by atoms with Gasteiger partial charge in [0, 0.05) is 23.9 Å². The summed E-state index contributed by atoms with van der Waals surface area (Å²) in [6, 6.07) is 21.3. The average molecular weight is 427 g/mol. The highest BCUT2D eigenvalue weighted by molar-refractivity contribution is 5.85. The summed E-state index contributed by atoms with van der Waals surface area (Å²) in [4.78, 5) is 0. The summed E-state index contributed by atoms with van der Waals surface area (Å²) < 4.78 is 10.8. The quantitative estimate of drug-likeness (QED) is 0.763. The smallest absolute Gasteiger partial charge is 0.0618 e. The van der Waals surface area contributed by atoms with Crippen LogP contribution in [0.4, 0.5) is 0 Å². The van der Waals surface area contributed by atoms with Gasteiger partial charge < -0.3 is 20.9 Å². The lowest BCUT2D eigenvalue weighted by atomic mass is 9.92. The third kappa shape index (κ3) is 7.70. The van der Waals surface area contributed by atoms with Gasteiger partial charge in [-0.1, -0.05) is 60.7 Å². The van der Waals surface area contributed by atoms with Crippen molar-refractivity contribution in [2.24, 2.45) is 11.5 Å². The molecule has 4 N–H and O–H groups in total. The summed E-state index contributed by atoms with van der Waals surface area (Å²) in [6.45, 7) is 3.06. The molecule has 156 valence electrons. The average Bonchev–Trinajstić information content (AvgIpc) is 2.70. The van der Waals surface area contributed by atoms with E-state index in [0.717, 1.165) is 26.1 Å². The van der Waals surface area contributed by atoms with Gasteiger partial charge in [-0.3, -0.25) is 0 Å². The largest absolute Gasteiger partial charge is 0.379 e. The van der Waals surface area contributed by atoms with Crippen LogP contribution in [0, 0.1) is 0 Å². The van der Waals surface area contributed by atoms with Crippen molar-refractivity contribution in [3.8, 4) is 0 Å². The van der Waals surface area contributed by atoms with Gasteiger partial charge in [0.2, 0.25) is 0 Å². The van der Waals surface area contributed by atoms with Crippen molar-refractivity contribution in [1.82, 2.24) is 0 Å². The van der Waals surface area contributed by atoms with Crippen LogP contribution in [-0.4, -0.2) is 38.5 Å². The molecule has 2 aromatic rings. The molecule has 0 aliphatic carbocycles. The van der Waals surface area contributed by atoms with Crippen LogP contribution in [0.5, 0.6) is 0 Å². The van der Waals surface area contributed by atoms with Gasteiger partial charge in [0.15, 0.2) is 0 Å². The molecule has 0 unspecified atom stereocenters. The third-order valence-electron chi connectivity index (χ3n) is 5.02. The minimum atomic E-state index is 0. The summed E-state index contributed by atoms with van der Waals surface area (Å²) in [6.07, 6.45) is 2.09. The van der Waals surface area contributed by atoms with Crippen molar-refractivity contribution in [2.75, 3.05) is 26.4 Å². The van der Waals surface area contributed by atoms with Crippen LogP contribution in [0.1, 0.15) is 35.8 Å². The predicted molar refractivity (Wildman–Crippen MR) is 120 cm³/mol. The van der Waals surface area contributed by atoms with Gasteiger partial charge in [0.1, 0.15) is 0 Å². The van der Waals surface area contributed by atoms with E-state index in [2.05, 4.69) is 48.5 Å². The fourth-order valence-corrected chi connectivity index (χ4v) is 3.64. The van der Waals surface area contributed by atoms with Crippen molar-refractivity contribution in [3.63, 3.8) is 0 Å². The zero-order valence-electron chi connectivity index (χ0n) is 16.1. The molecule has 0 spiro atoms. The highest BCUT2D eigenvalue weighted by Crippen LogP contribution is 2.25. The summed E-state index contributed by atoms with van der Waals surface area (Å²) >= 11 is 0. The third-order valence-corrected chi connectivity index (χ3v) is 5.02. The number of ether oxygens (including phenoxy) is 2. The van der Waals surface area contributed by atoms with Crippen molar-refractivity contribution < 1.29 is 9.47 Å². The van der Waals surface area contributed by atoms with Gasteiger partial charge >= 0.3 is 0 Å². The lowest BCUT2D eigenvalue weighted by Crippen LogP contribution is -2.34. The van der Waals surface area contributed by atoms with Crippen molar-refractivity contribution >= 4 is 24.8 Å². The topological polar surface area (TPSA) is 70.5 Å². The number of nitrogens with two attached hydrogens (primary N) is 2. The normalized spacial score (nSPS) is 26.6. The Bertz CT molecular complexity index is 588. The van der Waals surface area contributed by atoms with Crippen molar-refractivity contribution in [3.05, 3.63) is 71.8 Å². The molecule has 2 fully saturated rings. The molecular formula is C22H32Cl2N2O2. The van der Waals surface area contributed by atoms with E-state index in [-0.39, 0.29) is 36.9 Å². The molecule has 0 saturated carbocycles. The molecular weight excluding hydrogens is 395 g/mol. The van der Waals surface area contributed by atoms with Crippen LogP contribution < -0.4 is 11.5 Å². The highest BCUT2D eigenvalue weighted by Gasteiger charge is 2.21. The van der Waals surface area contributed by atoms with Crippen molar-refractivity contribution in [2.45, 2.75) is 36.8 Å². The van der Waals surface area contributed by atoms with Gasteiger partial charge in [-0.15, -0.1) is 24.8 Å². The highest BCUT2D eigenvalue weighted by atomic mass is 35.5. The molecule has 0 aromatic heterocycles. The van der Waals surface area contributed by atoms with E-state index in [1.54, 1.807) is 0 Å². The summed E-state index contributed by atoms with van der Waals surface area (Å²) in [7, 11) is 0. The monoisotopic (exact) mass is 426 g/mol. The standard InChI is InChI=1S/2C11H15NO.2ClH/c2*12-11-6-10(7-13-8-11)9-4-2-1-3-5-9;;/h2*1-5,10-11H,6-8,12H2;2*1H/t2*10-,11+;;/m10../s1. The second-order valence-corrected chi connectivity index (χ2v) is 7.28. The minimum Gasteiger partial charge on any atom is -0.379 e. The van der Waals surface area contributed by atoms with Crippen LogP contribution in [0.15, 0.2) is 60.7 Å². The molecule has 2 aliphatic heterocycles. The Balaban J connectivity index is 0.000000261. The Labute approximate surface area is 180 Å². The number of hydrogen-bond acceptors (Lipinski definition) is 4.